The van der Waals surface area contributed by atoms with Crippen LogP contribution in [-0.2, 0) is 19.2 Å². The van der Waals surface area contributed by atoms with Crippen LogP contribution in [0.1, 0.15) is 12.8 Å². The van der Waals surface area contributed by atoms with E-state index in [4.69, 9.17) is 21.1 Å². The van der Waals surface area contributed by atoms with Crippen LogP contribution in [-0.4, -0.2) is 45.2 Å². The number of aliphatic carboxylic acids is 3. The van der Waals surface area contributed by atoms with Crippen molar-refractivity contribution in [3.05, 3.63) is 0 Å². The molecular formula is C7H12N2O7. The van der Waals surface area contributed by atoms with E-state index in [-0.39, 0.29) is 12.8 Å². The Kier molecular flexibility index (Phi) is 8.31. The van der Waals surface area contributed by atoms with Gasteiger partial charge in [-0.1, -0.05) is 0 Å². The maximum Gasteiger partial charge on any atom is 0.394 e. The van der Waals surface area contributed by atoms with E-state index in [1.165, 1.54) is 0 Å². The van der Waals surface area contributed by atoms with Crippen molar-refractivity contribution in [3.63, 3.8) is 0 Å². The molecule has 0 radical (unpaired) electrons. The van der Waals surface area contributed by atoms with E-state index >= 15 is 0 Å². The van der Waals surface area contributed by atoms with E-state index < -0.39 is 29.9 Å². The van der Waals surface area contributed by atoms with Crippen LogP contribution in [0.3, 0.4) is 0 Å². The van der Waals surface area contributed by atoms with Gasteiger partial charge in [0, 0.05) is 6.42 Å². The van der Waals surface area contributed by atoms with Crippen LogP contribution in [0.2, 0.25) is 0 Å². The number of hydrogen-bond donors (Lipinski definition) is 5. The van der Waals surface area contributed by atoms with E-state index in [9.17, 15) is 19.2 Å². The predicted molar refractivity (Wildman–Crippen MR) is 49.3 cm³/mol. The molecule has 0 heterocycles. The smallest absolute Gasteiger partial charge is 0.394 e. The maximum atomic E-state index is 9.99. The fraction of sp³-hybridized carbons (Fsp3) is 0.429. The number of carboxylic acids is 3. The standard InChI is InChI=1S/C5H9NO4.C2H3NO3/c6-3(5(9)10)1-2-4(7)8;3-1(4)2(5)6/h3H,1-2,6H2,(H,7,8)(H,9,10);(H2,3,4)(H,5,6). The van der Waals surface area contributed by atoms with Gasteiger partial charge < -0.3 is 26.8 Å². The third-order valence-electron chi connectivity index (χ3n) is 1.20. The van der Waals surface area contributed by atoms with Crippen molar-refractivity contribution in [2.24, 2.45) is 11.5 Å². The summed E-state index contributed by atoms with van der Waals surface area (Å²) < 4.78 is 0. The lowest BCUT2D eigenvalue weighted by Gasteiger charge is -2.01. The van der Waals surface area contributed by atoms with Gasteiger partial charge in [-0.15, -0.1) is 0 Å². The predicted octanol–water partition coefficient (Wildman–Crippen LogP) is -2.18. The number of carbonyl (C=O) groups is 4. The minimum Gasteiger partial charge on any atom is -0.481 e. The zero-order valence-corrected chi connectivity index (χ0v) is 8.12. The van der Waals surface area contributed by atoms with Crippen LogP contribution in [0.5, 0.6) is 0 Å². The second-order valence-corrected chi connectivity index (χ2v) is 2.55. The zero-order valence-electron chi connectivity index (χ0n) is 8.12. The molecule has 9 nitrogen and oxygen atoms in total. The monoisotopic (exact) mass is 236 g/mol. The van der Waals surface area contributed by atoms with Gasteiger partial charge in [0.25, 0.3) is 0 Å². The molecule has 0 fully saturated rings. The molecule has 0 saturated heterocycles. The average molecular weight is 236 g/mol. The lowest BCUT2D eigenvalue weighted by molar-refractivity contribution is -0.148. The van der Waals surface area contributed by atoms with Gasteiger partial charge in [-0.05, 0) is 6.42 Å². The first-order chi connectivity index (χ1) is 7.18. The summed E-state index contributed by atoms with van der Waals surface area (Å²) >= 11 is 0. The Hall–Kier alpha value is -2.16. The van der Waals surface area contributed by atoms with E-state index in [0.717, 1.165) is 0 Å². The first-order valence-electron chi connectivity index (χ1n) is 3.91. The average Bonchev–Trinajstić information content (AvgIpc) is 2.14. The molecule has 0 aromatic carbocycles. The van der Waals surface area contributed by atoms with Crippen LogP contribution in [0.4, 0.5) is 0 Å². The van der Waals surface area contributed by atoms with E-state index in [1.807, 2.05) is 0 Å². The Labute approximate surface area is 89.6 Å². The van der Waals surface area contributed by atoms with Crippen LogP contribution in [0, 0.1) is 0 Å². The molecule has 7 N–H and O–H groups in total. The number of carboxylic acid groups (broad SMARTS) is 3. The van der Waals surface area contributed by atoms with Gasteiger partial charge in [-0.2, -0.15) is 0 Å². The molecular weight excluding hydrogens is 224 g/mol. The van der Waals surface area contributed by atoms with Gasteiger partial charge in [0.05, 0.1) is 0 Å². The molecule has 0 aliphatic carbocycles. The lowest BCUT2D eigenvalue weighted by Crippen LogP contribution is -2.30. The Morgan fingerprint density at radius 1 is 1.06 bits per heavy atom. The summed E-state index contributed by atoms with van der Waals surface area (Å²) in [6.07, 6.45) is -0.224. The number of rotatable bonds is 4. The fourth-order valence-electron chi connectivity index (χ4n) is 0.402. The molecule has 0 aromatic rings. The highest BCUT2D eigenvalue weighted by molar-refractivity contribution is 6.30. The fourth-order valence-corrected chi connectivity index (χ4v) is 0.402. The molecule has 92 valence electrons. The van der Waals surface area contributed by atoms with Gasteiger partial charge in [0.15, 0.2) is 0 Å². The second-order valence-electron chi connectivity index (χ2n) is 2.55. The van der Waals surface area contributed by atoms with Gasteiger partial charge in [0.1, 0.15) is 6.04 Å². The zero-order chi connectivity index (χ0) is 13.3. The van der Waals surface area contributed by atoms with Crippen LogP contribution in [0.15, 0.2) is 0 Å². The third kappa shape index (κ3) is 11.8. The SMILES string of the molecule is NC(=O)C(=O)O.NC(CCC(=O)O)C(=O)O. The van der Waals surface area contributed by atoms with Crippen LogP contribution in [0.25, 0.3) is 0 Å². The molecule has 9 heteroatoms. The first kappa shape index (κ1) is 16.3. The van der Waals surface area contributed by atoms with Crippen molar-refractivity contribution in [1.82, 2.24) is 0 Å². The number of hydrogen-bond acceptors (Lipinski definition) is 5. The van der Waals surface area contributed by atoms with Gasteiger partial charge in [0.2, 0.25) is 0 Å². The molecule has 1 atom stereocenters. The maximum absolute atomic E-state index is 9.99. The number of nitrogens with two attached hydrogens (primary N) is 2. The van der Waals surface area contributed by atoms with Crippen LogP contribution >= 0.6 is 0 Å². The van der Waals surface area contributed by atoms with Crippen molar-refractivity contribution in [2.45, 2.75) is 18.9 Å². The van der Waals surface area contributed by atoms with Crippen molar-refractivity contribution in [1.29, 1.82) is 0 Å². The molecule has 1 unspecified atom stereocenters. The first-order valence-corrected chi connectivity index (χ1v) is 3.91. The van der Waals surface area contributed by atoms with E-state index in [0.29, 0.717) is 0 Å². The quantitative estimate of drug-likeness (QED) is 0.341. The van der Waals surface area contributed by atoms with Gasteiger partial charge in [-0.25, -0.2) is 4.79 Å². The van der Waals surface area contributed by atoms with E-state index in [2.05, 4.69) is 5.73 Å². The molecule has 0 spiro atoms. The number of primary amides is 1. The highest BCUT2D eigenvalue weighted by Gasteiger charge is 2.12. The highest BCUT2D eigenvalue weighted by Crippen LogP contribution is 1.93. The van der Waals surface area contributed by atoms with Crippen molar-refractivity contribution >= 4 is 23.8 Å². The minimum atomic E-state index is -1.60. The summed E-state index contributed by atoms with van der Waals surface area (Å²) in [6.45, 7) is 0. The normalized spacial score (nSPS) is 10.6. The molecule has 0 aromatic heterocycles. The Bertz CT molecular complexity index is 276. The number of carbonyl (C=O) groups excluding carboxylic acids is 1. The molecule has 0 aliphatic rings. The molecule has 16 heavy (non-hydrogen) atoms. The summed E-state index contributed by atoms with van der Waals surface area (Å²) in [5.74, 6) is -5.12. The second kappa shape index (κ2) is 8.17. The topological polar surface area (TPSA) is 181 Å². The van der Waals surface area contributed by atoms with Gasteiger partial charge >= 0.3 is 23.8 Å². The third-order valence-corrected chi connectivity index (χ3v) is 1.20. The van der Waals surface area contributed by atoms with Crippen molar-refractivity contribution in [3.8, 4) is 0 Å². The lowest BCUT2D eigenvalue weighted by atomic mass is 10.2. The molecule has 0 aliphatic heterocycles. The minimum absolute atomic E-state index is 0.0231. The molecule has 1 amide bonds. The highest BCUT2D eigenvalue weighted by atomic mass is 16.4. The van der Waals surface area contributed by atoms with E-state index in [1.54, 1.807) is 0 Å². The van der Waals surface area contributed by atoms with Crippen molar-refractivity contribution < 1.29 is 34.5 Å². The Morgan fingerprint density at radius 3 is 1.62 bits per heavy atom. The summed E-state index contributed by atoms with van der Waals surface area (Å²) in [6, 6.07) is -1.06. The molecule has 0 rings (SSSR count). The van der Waals surface area contributed by atoms with Gasteiger partial charge in [-0.3, -0.25) is 14.4 Å². The molecule has 0 bridgehead atoms. The summed E-state index contributed by atoms with van der Waals surface area (Å²) in [7, 11) is 0. The Balaban J connectivity index is 0. The van der Waals surface area contributed by atoms with Crippen LogP contribution < -0.4 is 11.5 Å². The summed E-state index contributed by atoms with van der Waals surface area (Å²) in [5.41, 5.74) is 9.20. The Morgan fingerprint density at radius 2 is 1.44 bits per heavy atom. The summed E-state index contributed by atoms with van der Waals surface area (Å²) in [5, 5.41) is 23.8. The summed E-state index contributed by atoms with van der Waals surface area (Å²) in [4.78, 5) is 38.4. The van der Waals surface area contributed by atoms with Crippen molar-refractivity contribution in [2.75, 3.05) is 0 Å². The largest absolute Gasteiger partial charge is 0.481 e. The number of amides is 1. The molecule has 0 saturated carbocycles.